The third-order valence-corrected chi connectivity index (χ3v) is 4.10. The Morgan fingerprint density at radius 1 is 0.852 bits per heavy atom. The maximum Gasteiger partial charge on any atom is 0.228 e. The van der Waals surface area contributed by atoms with Crippen LogP contribution >= 0.6 is 0 Å². The number of benzene rings is 3. The van der Waals surface area contributed by atoms with E-state index in [-0.39, 0.29) is 18.1 Å². The number of anilines is 2. The molecule has 3 rings (SSSR count). The maximum absolute atomic E-state index is 12.9. The number of methoxy groups -OCH3 is 1. The van der Waals surface area contributed by atoms with Gasteiger partial charge >= 0.3 is 0 Å². The number of carbonyl (C=O) groups excluding carboxylic acids is 1. The van der Waals surface area contributed by atoms with Crippen molar-refractivity contribution in [3.8, 4) is 5.75 Å². The van der Waals surface area contributed by atoms with E-state index in [4.69, 9.17) is 4.74 Å². The van der Waals surface area contributed by atoms with Crippen LogP contribution in [0, 0.1) is 5.82 Å². The highest BCUT2D eigenvalue weighted by molar-refractivity contribution is 5.92. The van der Waals surface area contributed by atoms with Crippen LogP contribution in [0.25, 0.3) is 0 Å². The highest BCUT2D eigenvalue weighted by atomic mass is 19.1. The lowest BCUT2D eigenvalue weighted by Gasteiger charge is -2.09. The Morgan fingerprint density at radius 2 is 1.44 bits per heavy atom. The normalized spacial score (nSPS) is 10.3. The van der Waals surface area contributed by atoms with Crippen LogP contribution in [0.5, 0.6) is 5.75 Å². The zero-order chi connectivity index (χ0) is 19.1. The number of amides is 1. The van der Waals surface area contributed by atoms with E-state index in [1.165, 1.54) is 12.1 Å². The van der Waals surface area contributed by atoms with Crippen molar-refractivity contribution in [2.45, 2.75) is 13.0 Å². The summed E-state index contributed by atoms with van der Waals surface area (Å²) in [7, 11) is 1.65. The Labute approximate surface area is 158 Å². The minimum atomic E-state index is -0.308. The van der Waals surface area contributed by atoms with Gasteiger partial charge in [0.1, 0.15) is 11.6 Å². The molecule has 0 unspecified atom stereocenters. The van der Waals surface area contributed by atoms with Crippen molar-refractivity contribution in [2.75, 3.05) is 17.7 Å². The quantitative estimate of drug-likeness (QED) is 0.643. The molecule has 0 aromatic heterocycles. The third kappa shape index (κ3) is 5.57. The fraction of sp³-hybridized carbons (Fsp3) is 0.136. The van der Waals surface area contributed by atoms with Crippen LogP contribution in [0.3, 0.4) is 0 Å². The summed E-state index contributed by atoms with van der Waals surface area (Å²) in [6.07, 6.45) is 0.206. The summed E-state index contributed by atoms with van der Waals surface area (Å²) in [6, 6.07) is 21.3. The van der Waals surface area contributed by atoms with Gasteiger partial charge in [0, 0.05) is 17.9 Å². The zero-order valence-corrected chi connectivity index (χ0v) is 15.0. The van der Waals surface area contributed by atoms with Gasteiger partial charge in [0.15, 0.2) is 0 Å². The monoisotopic (exact) mass is 364 g/mol. The molecule has 0 atom stereocenters. The maximum atomic E-state index is 12.9. The van der Waals surface area contributed by atoms with Crippen molar-refractivity contribution in [3.05, 3.63) is 89.7 Å². The molecule has 5 heteroatoms. The molecular formula is C22H21FN2O2. The summed E-state index contributed by atoms with van der Waals surface area (Å²) in [5, 5.41) is 6.18. The highest BCUT2D eigenvalue weighted by Gasteiger charge is 2.05. The summed E-state index contributed by atoms with van der Waals surface area (Å²) < 4.78 is 18.0. The molecule has 0 radical (unpaired) electrons. The second-order valence-corrected chi connectivity index (χ2v) is 6.13. The standard InChI is InChI=1S/C22H21FN2O2/c1-27-21-12-4-17(5-13-21)15-24-19-8-10-20(11-9-19)25-22(26)14-16-2-6-18(23)7-3-16/h2-13,24H,14-15H2,1H3,(H,25,26). The van der Waals surface area contributed by atoms with Gasteiger partial charge < -0.3 is 15.4 Å². The van der Waals surface area contributed by atoms with Crippen molar-refractivity contribution in [1.29, 1.82) is 0 Å². The molecule has 0 heterocycles. The SMILES string of the molecule is COc1ccc(CNc2ccc(NC(=O)Cc3ccc(F)cc3)cc2)cc1. The van der Waals surface area contributed by atoms with Crippen LogP contribution in [0.15, 0.2) is 72.8 Å². The van der Waals surface area contributed by atoms with Crippen molar-refractivity contribution in [3.63, 3.8) is 0 Å². The van der Waals surface area contributed by atoms with Crippen molar-refractivity contribution in [1.82, 2.24) is 0 Å². The Kier molecular flexibility index (Phi) is 6.05. The van der Waals surface area contributed by atoms with E-state index in [0.717, 1.165) is 28.3 Å². The second-order valence-electron chi connectivity index (χ2n) is 6.13. The first kappa shape index (κ1) is 18.5. The number of carbonyl (C=O) groups is 1. The molecule has 0 saturated carbocycles. The van der Waals surface area contributed by atoms with Gasteiger partial charge in [0.2, 0.25) is 5.91 Å². The predicted molar refractivity (Wildman–Crippen MR) is 105 cm³/mol. The zero-order valence-electron chi connectivity index (χ0n) is 15.0. The molecule has 1 amide bonds. The Balaban J connectivity index is 1.50. The van der Waals surface area contributed by atoms with E-state index in [1.807, 2.05) is 48.5 Å². The lowest BCUT2D eigenvalue weighted by molar-refractivity contribution is -0.115. The Hall–Kier alpha value is -3.34. The Bertz CT molecular complexity index is 876. The number of hydrogen-bond acceptors (Lipinski definition) is 3. The number of hydrogen-bond donors (Lipinski definition) is 2. The fourth-order valence-electron chi connectivity index (χ4n) is 2.61. The number of halogens is 1. The van der Waals surface area contributed by atoms with Crippen molar-refractivity contribution in [2.24, 2.45) is 0 Å². The lowest BCUT2D eigenvalue weighted by atomic mass is 10.1. The molecule has 0 aliphatic carbocycles. The first-order chi connectivity index (χ1) is 13.1. The number of nitrogens with one attached hydrogen (secondary N) is 2. The van der Waals surface area contributed by atoms with Gasteiger partial charge in [0.25, 0.3) is 0 Å². The van der Waals surface area contributed by atoms with Gasteiger partial charge in [0.05, 0.1) is 13.5 Å². The van der Waals surface area contributed by atoms with Crippen molar-refractivity contribution < 1.29 is 13.9 Å². The molecule has 27 heavy (non-hydrogen) atoms. The van der Waals surface area contributed by atoms with Crippen LogP contribution in [0.4, 0.5) is 15.8 Å². The molecule has 4 nitrogen and oxygen atoms in total. The summed E-state index contributed by atoms with van der Waals surface area (Å²) in [6.45, 7) is 0.695. The number of ether oxygens (including phenoxy) is 1. The average molecular weight is 364 g/mol. The minimum Gasteiger partial charge on any atom is -0.497 e. The predicted octanol–water partition coefficient (Wildman–Crippen LogP) is 4.63. The van der Waals surface area contributed by atoms with E-state index >= 15 is 0 Å². The summed E-state index contributed by atoms with van der Waals surface area (Å²) in [4.78, 5) is 12.1. The van der Waals surface area contributed by atoms with E-state index in [0.29, 0.717) is 6.54 Å². The highest BCUT2D eigenvalue weighted by Crippen LogP contribution is 2.16. The largest absolute Gasteiger partial charge is 0.497 e. The van der Waals surface area contributed by atoms with E-state index in [1.54, 1.807) is 19.2 Å². The van der Waals surface area contributed by atoms with Gasteiger partial charge in [-0.1, -0.05) is 24.3 Å². The molecule has 3 aromatic carbocycles. The molecule has 0 bridgehead atoms. The smallest absolute Gasteiger partial charge is 0.228 e. The van der Waals surface area contributed by atoms with Crippen molar-refractivity contribution >= 4 is 17.3 Å². The third-order valence-electron chi connectivity index (χ3n) is 4.10. The van der Waals surface area contributed by atoms with E-state index < -0.39 is 0 Å². The Morgan fingerprint density at radius 3 is 2.07 bits per heavy atom. The molecule has 0 saturated heterocycles. The van der Waals surface area contributed by atoms with E-state index in [9.17, 15) is 9.18 Å². The van der Waals surface area contributed by atoms with Gasteiger partial charge in [-0.25, -0.2) is 4.39 Å². The van der Waals surface area contributed by atoms with Gasteiger partial charge in [-0.05, 0) is 59.7 Å². The van der Waals surface area contributed by atoms with E-state index in [2.05, 4.69) is 10.6 Å². The molecule has 3 aromatic rings. The van der Waals surface area contributed by atoms with Gasteiger partial charge in [-0.3, -0.25) is 4.79 Å². The first-order valence-electron chi connectivity index (χ1n) is 8.63. The van der Waals surface area contributed by atoms with Crippen LogP contribution in [-0.2, 0) is 17.8 Å². The van der Waals surface area contributed by atoms with Crippen LogP contribution in [-0.4, -0.2) is 13.0 Å². The molecule has 0 spiro atoms. The fourth-order valence-corrected chi connectivity index (χ4v) is 2.61. The summed E-state index contributed by atoms with van der Waals surface area (Å²) in [5.41, 5.74) is 3.60. The first-order valence-corrected chi connectivity index (χ1v) is 8.63. The molecule has 0 aliphatic heterocycles. The topological polar surface area (TPSA) is 50.4 Å². The average Bonchev–Trinajstić information content (AvgIpc) is 2.69. The van der Waals surface area contributed by atoms with Crippen LogP contribution in [0.1, 0.15) is 11.1 Å². The minimum absolute atomic E-state index is 0.138. The second kappa shape index (κ2) is 8.85. The van der Waals surface area contributed by atoms with Gasteiger partial charge in [-0.15, -0.1) is 0 Å². The van der Waals surface area contributed by atoms with Gasteiger partial charge in [-0.2, -0.15) is 0 Å². The summed E-state index contributed by atoms with van der Waals surface area (Å²) in [5.74, 6) is 0.386. The molecule has 0 fully saturated rings. The lowest BCUT2D eigenvalue weighted by Crippen LogP contribution is -2.14. The molecular weight excluding hydrogens is 343 g/mol. The molecule has 138 valence electrons. The molecule has 2 N–H and O–H groups in total. The van der Waals surface area contributed by atoms with Crippen LogP contribution < -0.4 is 15.4 Å². The summed E-state index contributed by atoms with van der Waals surface area (Å²) >= 11 is 0. The number of rotatable bonds is 7. The molecule has 0 aliphatic rings. The van der Waals surface area contributed by atoms with Crippen LogP contribution in [0.2, 0.25) is 0 Å².